The topological polar surface area (TPSA) is 30.3 Å². The van der Waals surface area contributed by atoms with E-state index in [0.717, 1.165) is 40.5 Å². The Morgan fingerprint density at radius 1 is 1.21 bits per heavy atom. The van der Waals surface area contributed by atoms with Crippen LogP contribution >= 0.6 is 0 Å². The van der Waals surface area contributed by atoms with Crippen molar-refractivity contribution in [2.45, 2.75) is 11.8 Å². The number of ether oxygens (including phenoxy) is 1. The van der Waals surface area contributed by atoms with Crippen LogP contribution in [0.2, 0.25) is 0 Å². The molecular weight excluding hydrogens is 368 g/mol. The van der Waals surface area contributed by atoms with Gasteiger partial charge in [-0.25, -0.2) is 0 Å². The van der Waals surface area contributed by atoms with E-state index in [-0.39, 0.29) is 5.82 Å². The van der Waals surface area contributed by atoms with Crippen LogP contribution in [-0.2, 0) is 11.8 Å². The molecule has 0 bridgehead atoms. The van der Waals surface area contributed by atoms with Crippen molar-refractivity contribution in [1.82, 2.24) is 14.7 Å². The standard InChI is InChI=1S/C18H21AsFN3O/c1-22(2)7-8-23-17-5-4-16(10-14(17)12-21-23)24-18-6-3-15(20)9-13(18)11-19/h3-6,9-10,12H,7-8,11,19H2,1-2H3. The van der Waals surface area contributed by atoms with Crippen LogP contribution in [0.3, 0.4) is 0 Å². The number of rotatable bonds is 6. The number of nitrogens with zero attached hydrogens (tertiary/aromatic N) is 3. The molecule has 0 amide bonds. The van der Waals surface area contributed by atoms with Crippen LogP contribution in [0.4, 0.5) is 4.39 Å². The molecule has 0 aliphatic carbocycles. The SMILES string of the molecule is CN(C)CCn1ncc2cc(Oc3ccc(F)cc3C[AsH2])ccc21. The zero-order valence-corrected chi connectivity index (χ0v) is 16.3. The van der Waals surface area contributed by atoms with Crippen molar-refractivity contribution in [1.29, 1.82) is 0 Å². The molecule has 4 nitrogen and oxygen atoms in total. The quantitative estimate of drug-likeness (QED) is 0.608. The first-order valence-corrected chi connectivity index (χ1v) is 9.55. The maximum absolute atomic E-state index is 13.4. The summed E-state index contributed by atoms with van der Waals surface area (Å²) in [7, 11) is 4.10. The third-order valence-corrected chi connectivity index (χ3v) is 4.77. The molecule has 1 atom stereocenters. The van der Waals surface area contributed by atoms with Crippen molar-refractivity contribution in [3.63, 3.8) is 0 Å². The average Bonchev–Trinajstić information content (AvgIpc) is 2.97. The van der Waals surface area contributed by atoms with Gasteiger partial charge < -0.3 is 0 Å². The molecule has 3 aromatic rings. The Morgan fingerprint density at radius 3 is 2.79 bits per heavy atom. The molecule has 0 aliphatic rings. The summed E-state index contributed by atoms with van der Waals surface area (Å²) in [5.74, 6) is 1.22. The molecule has 0 aliphatic heterocycles. The van der Waals surface area contributed by atoms with E-state index >= 15 is 0 Å². The van der Waals surface area contributed by atoms with Crippen molar-refractivity contribution < 1.29 is 9.13 Å². The summed E-state index contributed by atoms with van der Waals surface area (Å²) in [6.45, 7) is 1.78. The Hall–Kier alpha value is -1.84. The van der Waals surface area contributed by atoms with Crippen molar-refractivity contribution in [3.05, 3.63) is 54.0 Å². The van der Waals surface area contributed by atoms with E-state index in [1.54, 1.807) is 6.07 Å². The summed E-state index contributed by atoms with van der Waals surface area (Å²) in [5.41, 5.74) is 1.97. The summed E-state index contributed by atoms with van der Waals surface area (Å²) >= 11 is 1.53. The van der Waals surface area contributed by atoms with E-state index in [4.69, 9.17) is 4.74 Å². The molecule has 0 spiro atoms. The van der Waals surface area contributed by atoms with Crippen LogP contribution < -0.4 is 4.74 Å². The second-order valence-corrected chi connectivity index (χ2v) is 6.81. The predicted octanol–water partition coefficient (Wildman–Crippen LogP) is 2.66. The first-order valence-electron chi connectivity index (χ1n) is 7.83. The zero-order valence-electron chi connectivity index (χ0n) is 13.9. The molecular formula is C18H21AsFN3O. The normalized spacial score (nSPS) is 11.4. The first kappa shape index (κ1) is 17.0. The van der Waals surface area contributed by atoms with Gasteiger partial charge in [-0.1, -0.05) is 0 Å². The second-order valence-electron chi connectivity index (χ2n) is 5.95. The van der Waals surface area contributed by atoms with Crippen LogP contribution in [-0.4, -0.2) is 52.2 Å². The Balaban J connectivity index is 1.84. The second kappa shape index (κ2) is 7.37. The fourth-order valence-electron chi connectivity index (χ4n) is 2.54. The van der Waals surface area contributed by atoms with E-state index in [1.807, 2.05) is 43.2 Å². The third kappa shape index (κ3) is 3.79. The van der Waals surface area contributed by atoms with E-state index < -0.39 is 0 Å². The van der Waals surface area contributed by atoms with Crippen LogP contribution in [0.5, 0.6) is 11.5 Å². The summed E-state index contributed by atoms with van der Waals surface area (Å²) in [6, 6.07) is 10.6. The molecule has 0 radical (unpaired) electrons. The van der Waals surface area contributed by atoms with E-state index in [1.165, 1.54) is 29.0 Å². The van der Waals surface area contributed by atoms with Crippen molar-refractivity contribution in [2.75, 3.05) is 20.6 Å². The third-order valence-electron chi connectivity index (χ3n) is 3.84. The van der Waals surface area contributed by atoms with Crippen LogP contribution in [0.15, 0.2) is 42.6 Å². The molecule has 0 N–H and O–H groups in total. The number of halogens is 1. The van der Waals surface area contributed by atoms with Gasteiger partial charge in [-0.3, -0.25) is 0 Å². The van der Waals surface area contributed by atoms with Gasteiger partial charge in [0.15, 0.2) is 0 Å². The van der Waals surface area contributed by atoms with Gasteiger partial charge in [0, 0.05) is 0 Å². The van der Waals surface area contributed by atoms with Crippen LogP contribution in [0.25, 0.3) is 10.9 Å². The maximum atomic E-state index is 13.4. The number of aromatic nitrogens is 2. The van der Waals surface area contributed by atoms with Gasteiger partial charge in [0.25, 0.3) is 0 Å². The number of benzene rings is 2. The van der Waals surface area contributed by atoms with Crippen molar-refractivity contribution in [2.24, 2.45) is 0 Å². The number of fused-ring (bicyclic) bond motifs is 1. The summed E-state index contributed by atoms with van der Waals surface area (Å²) < 4.78 is 21.3. The summed E-state index contributed by atoms with van der Waals surface area (Å²) in [4.78, 5) is 2.13. The first-order chi connectivity index (χ1) is 11.6. The molecule has 0 fully saturated rings. The van der Waals surface area contributed by atoms with Gasteiger partial charge >= 0.3 is 135 Å². The van der Waals surface area contributed by atoms with Crippen molar-refractivity contribution in [3.8, 4) is 11.5 Å². The Labute approximate surface area is 149 Å². The molecule has 6 heteroatoms. The molecule has 3 rings (SSSR count). The minimum atomic E-state index is -0.229. The van der Waals surface area contributed by atoms with Crippen LogP contribution in [0.1, 0.15) is 5.56 Å². The molecule has 0 saturated heterocycles. The van der Waals surface area contributed by atoms with Gasteiger partial charge in [0.2, 0.25) is 0 Å². The molecule has 0 saturated carbocycles. The molecule has 1 unspecified atom stereocenters. The molecule has 1 heterocycles. The predicted molar refractivity (Wildman–Crippen MR) is 97.0 cm³/mol. The van der Waals surface area contributed by atoms with Crippen molar-refractivity contribution >= 4 is 27.8 Å². The number of hydrogen-bond acceptors (Lipinski definition) is 3. The summed E-state index contributed by atoms with van der Waals surface area (Å²) in [6.07, 6.45) is 1.85. The molecule has 2 aromatic carbocycles. The number of hydrogen-bond donors (Lipinski definition) is 0. The fraction of sp³-hybridized carbons (Fsp3) is 0.278. The van der Waals surface area contributed by atoms with Gasteiger partial charge in [0.1, 0.15) is 0 Å². The fourth-order valence-corrected chi connectivity index (χ4v) is 3.20. The number of likely N-dealkylation sites (N-methyl/N-ethyl adjacent to an activating group) is 1. The van der Waals surface area contributed by atoms with Crippen LogP contribution in [0, 0.1) is 5.82 Å². The van der Waals surface area contributed by atoms with Gasteiger partial charge in [-0.05, 0) is 14.1 Å². The Bertz CT molecular complexity index is 847. The average molecular weight is 389 g/mol. The van der Waals surface area contributed by atoms with Gasteiger partial charge in [-0.2, -0.15) is 0 Å². The van der Waals surface area contributed by atoms with Gasteiger partial charge in [-0.15, -0.1) is 0 Å². The molecule has 1 aromatic heterocycles. The Morgan fingerprint density at radius 2 is 2.04 bits per heavy atom. The monoisotopic (exact) mass is 389 g/mol. The molecule has 24 heavy (non-hydrogen) atoms. The van der Waals surface area contributed by atoms with Gasteiger partial charge in [0.05, 0.1) is 0 Å². The minimum absolute atomic E-state index is 0.229. The Kier molecular flexibility index (Phi) is 5.22. The summed E-state index contributed by atoms with van der Waals surface area (Å²) in [5, 5.41) is 6.27. The molecule has 126 valence electrons. The van der Waals surface area contributed by atoms with E-state index in [9.17, 15) is 4.39 Å². The van der Waals surface area contributed by atoms with E-state index in [2.05, 4.69) is 10.00 Å². The zero-order chi connectivity index (χ0) is 17.1. The van der Waals surface area contributed by atoms with E-state index in [0.29, 0.717) is 5.75 Å².